The van der Waals surface area contributed by atoms with Crippen LogP contribution in [0.1, 0.15) is 20.8 Å². The van der Waals surface area contributed by atoms with Crippen LogP contribution in [0.4, 0.5) is 0 Å². The lowest BCUT2D eigenvalue weighted by molar-refractivity contribution is -0.139. The van der Waals surface area contributed by atoms with Crippen LogP contribution < -0.4 is 0 Å². The third-order valence-corrected chi connectivity index (χ3v) is 1.16. The predicted molar refractivity (Wildman–Crippen MR) is 44.9 cm³/mol. The van der Waals surface area contributed by atoms with Gasteiger partial charge in [-0.3, -0.25) is 0 Å². The summed E-state index contributed by atoms with van der Waals surface area (Å²) >= 11 is 0. The second-order valence-corrected chi connectivity index (χ2v) is 2.81. The van der Waals surface area contributed by atoms with E-state index in [4.69, 9.17) is 4.74 Å². The van der Waals surface area contributed by atoms with Crippen LogP contribution in [-0.2, 0) is 9.53 Å². The Balaban J connectivity index is 3.71. The third kappa shape index (κ3) is 4.59. The first kappa shape index (κ1) is 10.2. The monoisotopic (exact) mass is 155 g/mol. The fourth-order valence-electron chi connectivity index (χ4n) is 0.453. The zero-order valence-electron chi connectivity index (χ0n) is 7.39. The standard InChI is InChI=1S/C9H15O2/c1-5-8(4)9(10)11-6-7(2)3/h5,7H,4,6H2,1-3H3/b8-5+. The van der Waals surface area contributed by atoms with E-state index in [0.29, 0.717) is 18.1 Å². The average Bonchev–Trinajstić information content (AvgIpc) is 1.98. The highest BCUT2D eigenvalue weighted by atomic mass is 16.5. The topological polar surface area (TPSA) is 26.3 Å². The number of carbonyl (C=O) groups is 1. The summed E-state index contributed by atoms with van der Waals surface area (Å²) in [7, 11) is 0. The van der Waals surface area contributed by atoms with Crippen molar-refractivity contribution in [2.45, 2.75) is 20.8 Å². The van der Waals surface area contributed by atoms with Crippen molar-refractivity contribution in [1.29, 1.82) is 0 Å². The molecule has 11 heavy (non-hydrogen) atoms. The van der Waals surface area contributed by atoms with Crippen molar-refractivity contribution in [3.8, 4) is 0 Å². The predicted octanol–water partition coefficient (Wildman–Crippen LogP) is 1.97. The van der Waals surface area contributed by atoms with E-state index in [1.807, 2.05) is 13.8 Å². The smallest absolute Gasteiger partial charge is 0.333 e. The number of ether oxygens (including phenoxy) is 1. The minimum atomic E-state index is -0.318. The lowest BCUT2D eigenvalue weighted by Crippen LogP contribution is -2.10. The molecule has 0 saturated carbocycles. The Hall–Kier alpha value is -0.790. The molecule has 1 radical (unpaired) electrons. The molecule has 0 aromatic heterocycles. The summed E-state index contributed by atoms with van der Waals surface area (Å²) in [6.07, 6.45) is 1.64. The van der Waals surface area contributed by atoms with Crippen LogP contribution in [0.2, 0.25) is 0 Å². The van der Waals surface area contributed by atoms with Crippen molar-refractivity contribution >= 4 is 5.97 Å². The molecule has 0 aliphatic carbocycles. The first-order valence-corrected chi connectivity index (χ1v) is 3.73. The molecule has 0 N–H and O–H groups in total. The maximum absolute atomic E-state index is 10.9. The Morgan fingerprint density at radius 2 is 2.18 bits per heavy atom. The largest absolute Gasteiger partial charge is 0.462 e. The van der Waals surface area contributed by atoms with Crippen LogP contribution in [0.25, 0.3) is 0 Å². The summed E-state index contributed by atoms with van der Waals surface area (Å²) < 4.78 is 4.89. The molecule has 0 aliphatic heterocycles. The zero-order valence-corrected chi connectivity index (χ0v) is 7.39. The summed E-state index contributed by atoms with van der Waals surface area (Å²) in [4.78, 5) is 10.9. The van der Waals surface area contributed by atoms with Gasteiger partial charge in [0.1, 0.15) is 0 Å². The average molecular weight is 155 g/mol. The number of carbonyl (C=O) groups excluding carboxylic acids is 1. The molecular weight excluding hydrogens is 140 g/mol. The molecular formula is C9H15O2. The molecule has 0 aromatic rings. The molecule has 0 fully saturated rings. The van der Waals surface area contributed by atoms with Gasteiger partial charge in [-0.15, -0.1) is 0 Å². The van der Waals surface area contributed by atoms with E-state index in [9.17, 15) is 4.79 Å². The van der Waals surface area contributed by atoms with Crippen LogP contribution in [0.3, 0.4) is 0 Å². The van der Waals surface area contributed by atoms with Crippen molar-refractivity contribution < 1.29 is 9.53 Å². The van der Waals surface area contributed by atoms with Crippen molar-refractivity contribution in [2.75, 3.05) is 6.61 Å². The van der Waals surface area contributed by atoms with Gasteiger partial charge in [-0.05, 0) is 19.8 Å². The van der Waals surface area contributed by atoms with E-state index >= 15 is 0 Å². The van der Waals surface area contributed by atoms with Crippen LogP contribution in [0.15, 0.2) is 11.6 Å². The number of rotatable bonds is 3. The van der Waals surface area contributed by atoms with Crippen LogP contribution in [0, 0.1) is 12.8 Å². The Bertz CT molecular complexity index is 157. The van der Waals surface area contributed by atoms with Crippen LogP contribution in [-0.4, -0.2) is 12.6 Å². The Kier molecular flexibility index (Phi) is 4.59. The molecule has 0 aromatic carbocycles. The number of allylic oxidation sites excluding steroid dienone is 1. The van der Waals surface area contributed by atoms with E-state index in [1.165, 1.54) is 0 Å². The van der Waals surface area contributed by atoms with Crippen molar-refractivity contribution in [3.63, 3.8) is 0 Å². The van der Waals surface area contributed by atoms with Gasteiger partial charge in [-0.2, -0.15) is 0 Å². The van der Waals surface area contributed by atoms with E-state index in [1.54, 1.807) is 13.0 Å². The molecule has 0 rings (SSSR count). The first-order chi connectivity index (χ1) is 5.07. The lowest BCUT2D eigenvalue weighted by Gasteiger charge is -2.06. The fourth-order valence-corrected chi connectivity index (χ4v) is 0.453. The molecule has 0 bridgehead atoms. The minimum Gasteiger partial charge on any atom is -0.462 e. The van der Waals surface area contributed by atoms with Gasteiger partial charge in [0, 0.05) is 5.57 Å². The molecule has 0 amide bonds. The lowest BCUT2D eigenvalue weighted by atomic mass is 10.2. The van der Waals surface area contributed by atoms with Gasteiger partial charge in [-0.25, -0.2) is 4.79 Å². The molecule has 2 nitrogen and oxygen atoms in total. The van der Waals surface area contributed by atoms with Crippen molar-refractivity contribution in [3.05, 3.63) is 18.6 Å². The maximum atomic E-state index is 10.9. The molecule has 0 spiro atoms. The highest BCUT2D eigenvalue weighted by Gasteiger charge is 2.04. The second-order valence-electron chi connectivity index (χ2n) is 2.81. The summed E-state index contributed by atoms with van der Waals surface area (Å²) in [5.74, 6) is 0.0600. The van der Waals surface area contributed by atoms with Gasteiger partial charge in [0.15, 0.2) is 0 Å². The SMILES string of the molecule is [CH2]/C(=C\C)C(=O)OCC(C)C. The highest BCUT2D eigenvalue weighted by Crippen LogP contribution is 1.98. The molecule has 0 atom stereocenters. The van der Waals surface area contributed by atoms with E-state index in [2.05, 4.69) is 6.92 Å². The maximum Gasteiger partial charge on any atom is 0.333 e. The fraction of sp³-hybridized carbons (Fsp3) is 0.556. The van der Waals surface area contributed by atoms with Crippen molar-refractivity contribution in [1.82, 2.24) is 0 Å². The van der Waals surface area contributed by atoms with Crippen LogP contribution in [0.5, 0.6) is 0 Å². The highest BCUT2D eigenvalue weighted by molar-refractivity contribution is 5.89. The minimum absolute atomic E-state index is 0.318. The molecule has 0 heterocycles. The van der Waals surface area contributed by atoms with Gasteiger partial charge in [0.05, 0.1) is 6.61 Å². The number of hydrogen-bond donors (Lipinski definition) is 0. The zero-order chi connectivity index (χ0) is 8.85. The molecule has 0 saturated heterocycles. The van der Waals surface area contributed by atoms with Gasteiger partial charge in [-0.1, -0.05) is 19.9 Å². The Labute approximate surface area is 68.2 Å². The molecule has 0 aliphatic rings. The third-order valence-electron chi connectivity index (χ3n) is 1.16. The van der Waals surface area contributed by atoms with Gasteiger partial charge >= 0.3 is 5.97 Å². The van der Waals surface area contributed by atoms with Gasteiger partial charge in [0.25, 0.3) is 0 Å². The molecule has 0 unspecified atom stereocenters. The number of hydrogen-bond acceptors (Lipinski definition) is 2. The summed E-state index contributed by atoms with van der Waals surface area (Å²) in [6.45, 7) is 9.73. The normalized spacial score (nSPS) is 11.9. The van der Waals surface area contributed by atoms with E-state index in [0.717, 1.165) is 0 Å². The van der Waals surface area contributed by atoms with E-state index < -0.39 is 0 Å². The van der Waals surface area contributed by atoms with Gasteiger partial charge < -0.3 is 4.74 Å². The first-order valence-electron chi connectivity index (χ1n) is 3.73. The molecule has 63 valence electrons. The number of esters is 1. The quantitative estimate of drug-likeness (QED) is 0.460. The second kappa shape index (κ2) is 4.94. The molecule has 2 heteroatoms. The van der Waals surface area contributed by atoms with E-state index in [-0.39, 0.29) is 5.97 Å². The summed E-state index contributed by atoms with van der Waals surface area (Å²) in [5, 5.41) is 0. The summed E-state index contributed by atoms with van der Waals surface area (Å²) in [5.41, 5.74) is 0.422. The Morgan fingerprint density at radius 3 is 2.55 bits per heavy atom. The van der Waals surface area contributed by atoms with Crippen molar-refractivity contribution in [2.24, 2.45) is 5.92 Å². The van der Waals surface area contributed by atoms with Gasteiger partial charge in [0.2, 0.25) is 0 Å². The van der Waals surface area contributed by atoms with Crippen LogP contribution >= 0.6 is 0 Å². The summed E-state index contributed by atoms with van der Waals surface area (Å²) in [6, 6.07) is 0. The Morgan fingerprint density at radius 1 is 1.64 bits per heavy atom.